The van der Waals surface area contributed by atoms with Gasteiger partial charge in [-0.25, -0.2) is 0 Å². The fourth-order valence-electron chi connectivity index (χ4n) is 1.51. The normalized spacial score (nSPS) is 10.6. The highest BCUT2D eigenvalue weighted by molar-refractivity contribution is 5.92. The standard InChI is InChI=1S/C11H15N5O3/c1-18-7-9-4-10(15-19-9)11(17)13-2-3-16-6-8(12)5-14-16/h4-6H,2-3,7,12H2,1H3,(H,13,17). The number of anilines is 1. The highest BCUT2D eigenvalue weighted by Gasteiger charge is 2.11. The molecule has 0 bridgehead atoms. The molecule has 0 unspecified atom stereocenters. The fourth-order valence-corrected chi connectivity index (χ4v) is 1.51. The average molecular weight is 265 g/mol. The van der Waals surface area contributed by atoms with Gasteiger partial charge < -0.3 is 20.3 Å². The molecule has 0 aliphatic carbocycles. The number of methoxy groups -OCH3 is 1. The van der Waals surface area contributed by atoms with Gasteiger partial charge in [0.15, 0.2) is 11.5 Å². The zero-order valence-electron chi connectivity index (χ0n) is 10.5. The summed E-state index contributed by atoms with van der Waals surface area (Å²) in [4.78, 5) is 11.7. The molecule has 0 aliphatic rings. The molecule has 0 spiro atoms. The Hall–Kier alpha value is -2.35. The third-order valence-electron chi connectivity index (χ3n) is 2.36. The highest BCUT2D eigenvalue weighted by atomic mass is 16.5. The molecule has 0 saturated carbocycles. The zero-order chi connectivity index (χ0) is 13.7. The van der Waals surface area contributed by atoms with E-state index in [1.54, 1.807) is 23.1 Å². The average Bonchev–Trinajstić information content (AvgIpc) is 2.99. The van der Waals surface area contributed by atoms with Crippen molar-refractivity contribution in [3.63, 3.8) is 0 Å². The number of rotatable bonds is 6. The van der Waals surface area contributed by atoms with Crippen molar-refractivity contribution in [1.82, 2.24) is 20.3 Å². The van der Waals surface area contributed by atoms with E-state index in [4.69, 9.17) is 15.0 Å². The Bertz CT molecular complexity index is 548. The quantitative estimate of drug-likeness (QED) is 0.762. The summed E-state index contributed by atoms with van der Waals surface area (Å²) in [6, 6.07) is 1.55. The molecule has 0 aliphatic heterocycles. The minimum absolute atomic E-state index is 0.229. The predicted molar refractivity (Wildman–Crippen MR) is 66.2 cm³/mol. The number of carbonyl (C=O) groups is 1. The summed E-state index contributed by atoms with van der Waals surface area (Å²) in [6.07, 6.45) is 3.25. The molecule has 3 N–H and O–H groups in total. The lowest BCUT2D eigenvalue weighted by Gasteiger charge is -2.02. The molecule has 2 aromatic rings. The maximum atomic E-state index is 11.7. The second-order valence-electron chi connectivity index (χ2n) is 3.90. The topological polar surface area (TPSA) is 108 Å². The van der Waals surface area contributed by atoms with E-state index in [9.17, 15) is 4.79 Å². The Morgan fingerprint density at radius 1 is 1.63 bits per heavy atom. The van der Waals surface area contributed by atoms with E-state index in [1.165, 1.54) is 7.11 Å². The largest absolute Gasteiger partial charge is 0.396 e. The van der Waals surface area contributed by atoms with Crippen LogP contribution in [0.1, 0.15) is 16.2 Å². The number of nitrogens with two attached hydrogens (primary N) is 1. The van der Waals surface area contributed by atoms with E-state index in [1.807, 2.05) is 0 Å². The third-order valence-corrected chi connectivity index (χ3v) is 2.36. The van der Waals surface area contributed by atoms with Gasteiger partial charge in [0.05, 0.1) is 18.4 Å². The van der Waals surface area contributed by atoms with Gasteiger partial charge in [-0.2, -0.15) is 5.10 Å². The molecule has 0 atom stereocenters. The maximum Gasteiger partial charge on any atom is 0.273 e. The van der Waals surface area contributed by atoms with Gasteiger partial charge in [-0.05, 0) is 0 Å². The monoisotopic (exact) mass is 265 g/mol. The van der Waals surface area contributed by atoms with Gasteiger partial charge in [0.25, 0.3) is 5.91 Å². The number of amides is 1. The Morgan fingerprint density at radius 3 is 3.16 bits per heavy atom. The summed E-state index contributed by atoms with van der Waals surface area (Å²) in [5, 5.41) is 10.4. The van der Waals surface area contributed by atoms with Crippen molar-refractivity contribution in [3.05, 3.63) is 29.9 Å². The molecule has 1 amide bonds. The van der Waals surface area contributed by atoms with Crippen molar-refractivity contribution in [1.29, 1.82) is 0 Å². The first-order valence-electron chi connectivity index (χ1n) is 5.69. The first-order chi connectivity index (χ1) is 9.19. The van der Waals surface area contributed by atoms with Crippen LogP contribution in [0.25, 0.3) is 0 Å². The second kappa shape index (κ2) is 6.01. The van der Waals surface area contributed by atoms with Crippen LogP contribution in [-0.2, 0) is 17.9 Å². The zero-order valence-corrected chi connectivity index (χ0v) is 10.5. The number of nitrogen functional groups attached to an aromatic ring is 1. The molecule has 8 nitrogen and oxygen atoms in total. The Morgan fingerprint density at radius 2 is 2.47 bits per heavy atom. The fraction of sp³-hybridized carbons (Fsp3) is 0.364. The minimum Gasteiger partial charge on any atom is -0.396 e. The van der Waals surface area contributed by atoms with Crippen molar-refractivity contribution in [2.45, 2.75) is 13.2 Å². The summed E-state index contributed by atoms with van der Waals surface area (Å²) >= 11 is 0. The van der Waals surface area contributed by atoms with Crippen LogP contribution in [0.4, 0.5) is 5.69 Å². The number of hydrogen-bond donors (Lipinski definition) is 2. The van der Waals surface area contributed by atoms with E-state index in [0.29, 0.717) is 24.5 Å². The SMILES string of the molecule is COCc1cc(C(=O)NCCn2cc(N)cn2)no1. The van der Waals surface area contributed by atoms with Gasteiger partial charge in [0.2, 0.25) is 0 Å². The van der Waals surface area contributed by atoms with Gasteiger partial charge in [-0.1, -0.05) is 5.16 Å². The van der Waals surface area contributed by atoms with Gasteiger partial charge in [-0.15, -0.1) is 0 Å². The van der Waals surface area contributed by atoms with Crippen LogP contribution in [0.5, 0.6) is 0 Å². The first-order valence-corrected chi connectivity index (χ1v) is 5.69. The smallest absolute Gasteiger partial charge is 0.273 e. The molecule has 2 aromatic heterocycles. The molecule has 19 heavy (non-hydrogen) atoms. The van der Waals surface area contributed by atoms with Crippen molar-refractivity contribution in [2.24, 2.45) is 0 Å². The van der Waals surface area contributed by atoms with Gasteiger partial charge in [-0.3, -0.25) is 9.48 Å². The maximum absolute atomic E-state index is 11.7. The number of aromatic nitrogens is 3. The highest BCUT2D eigenvalue weighted by Crippen LogP contribution is 2.04. The lowest BCUT2D eigenvalue weighted by atomic mass is 10.3. The third kappa shape index (κ3) is 3.55. The Kier molecular flexibility index (Phi) is 4.14. The molecular weight excluding hydrogens is 250 g/mol. The van der Waals surface area contributed by atoms with E-state index in [2.05, 4.69) is 15.6 Å². The molecule has 0 fully saturated rings. The summed E-state index contributed by atoms with van der Waals surface area (Å²) in [7, 11) is 1.54. The van der Waals surface area contributed by atoms with Crippen molar-refractivity contribution < 1.29 is 14.1 Å². The number of nitrogens with one attached hydrogen (secondary N) is 1. The molecule has 2 rings (SSSR count). The summed E-state index contributed by atoms with van der Waals surface area (Å²) in [5.41, 5.74) is 6.35. The number of ether oxygens (including phenoxy) is 1. The molecule has 0 radical (unpaired) electrons. The number of nitrogens with zero attached hydrogens (tertiary/aromatic N) is 3. The first kappa shape index (κ1) is 13.1. The van der Waals surface area contributed by atoms with Crippen LogP contribution in [0, 0.1) is 0 Å². The second-order valence-corrected chi connectivity index (χ2v) is 3.90. The molecule has 102 valence electrons. The van der Waals surface area contributed by atoms with Crippen LogP contribution in [0.15, 0.2) is 23.0 Å². The Balaban J connectivity index is 1.80. The minimum atomic E-state index is -0.300. The lowest BCUT2D eigenvalue weighted by molar-refractivity contribution is 0.0942. The molecule has 0 aromatic carbocycles. The molecule has 2 heterocycles. The summed E-state index contributed by atoms with van der Waals surface area (Å²) < 4.78 is 11.4. The van der Waals surface area contributed by atoms with Crippen molar-refractivity contribution >= 4 is 11.6 Å². The number of hydrogen-bond acceptors (Lipinski definition) is 6. The van der Waals surface area contributed by atoms with Crippen LogP contribution in [0.2, 0.25) is 0 Å². The molecular formula is C11H15N5O3. The van der Waals surface area contributed by atoms with Crippen LogP contribution >= 0.6 is 0 Å². The van der Waals surface area contributed by atoms with Crippen LogP contribution in [0.3, 0.4) is 0 Å². The Labute approximate surface area is 109 Å². The van der Waals surface area contributed by atoms with Crippen LogP contribution < -0.4 is 11.1 Å². The van der Waals surface area contributed by atoms with E-state index in [-0.39, 0.29) is 18.2 Å². The molecule has 0 saturated heterocycles. The summed E-state index contributed by atoms with van der Waals surface area (Å²) in [5.74, 6) is 0.207. The van der Waals surface area contributed by atoms with Crippen molar-refractivity contribution in [3.8, 4) is 0 Å². The van der Waals surface area contributed by atoms with Crippen LogP contribution in [-0.4, -0.2) is 34.5 Å². The van der Waals surface area contributed by atoms with E-state index >= 15 is 0 Å². The van der Waals surface area contributed by atoms with Gasteiger partial charge >= 0.3 is 0 Å². The predicted octanol–water partition coefficient (Wildman–Crippen LogP) is 0.0297. The summed E-state index contributed by atoms with van der Waals surface area (Å²) in [6.45, 7) is 1.24. The van der Waals surface area contributed by atoms with Gasteiger partial charge in [0.1, 0.15) is 6.61 Å². The lowest BCUT2D eigenvalue weighted by Crippen LogP contribution is -2.27. The molecule has 8 heteroatoms. The van der Waals surface area contributed by atoms with Gasteiger partial charge in [0, 0.05) is 25.9 Å². The van der Waals surface area contributed by atoms with E-state index < -0.39 is 0 Å². The van der Waals surface area contributed by atoms with E-state index in [0.717, 1.165) is 0 Å². The number of carbonyl (C=O) groups excluding carboxylic acids is 1. The van der Waals surface area contributed by atoms with Crippen molar-refractivity contribution in [2.75, 3.05) is 19.4 Å².